The zero-order valence-electron chi connectivity index (χ0n) is 12.7. The van der Waals surface area contributed by atoms with Crippen molar-refractivity contribution in [3.8, 4) is 0 Å². The van der Waals surface area contributed by atoms with Crippen LogP contribution in [0.5, 0.6) is 0 Å². The van der Waals surface area contributed by atoms with Crippen molar-refractivity contribution in [3.63, 3.8) is 0 Å². The Morgan fingerprint density at radius 3 is 2.91 bits per heavy atom. The van der Waals surface area contributed by atoms with Gasteiger partial charge in [-0.1, -0.05) is 26.0 Å². The molecule has 0 radical (unpaired) electrons. The standard InChI is InChI=1S/C17H19N3O2/c1-11(2)15-16(21)19-9-10-20(15)17(22)13-5-3-7-14-12(13)6-4-8-18-14/h3-8,11,15H,9-10H2,1-2H3,(H,19,21)/t15-/m0/s1. The number of carbonyl (C=O) groups is 2. The molecule has 2 amide bonds. The molecule has 2 aromatic rings. The van der Waals surface area contributed by atoms with E-state index in [1.165, 1.54) is 0 Å². The van der Waals surface area contributed by atoms with E-state index in [0.29, 0.717) is 18.7 Å². The first-order valence-electron chi connectivity index (χ1n) is 7.52. The summed E-state index contributed by atoms with van der Waals surface area (Å²) in [5, 5.41) is 3.66. The Balaban J connectivity index is 2.03. The maximum Gasteiger partial charge on any atom is 0.255 e. The van der Waals surface area contributed by atoms with Gasteiger partial charge in [0.25, 0.3) is 5.91 Å². The van der Waals surface area contributed by atoms with E-state index in [1.807, 2.05) is 38.1 Å². The highest BCUT2D eigenvalue weighted by Crippen LogP contribution is 2.22. The molecule has 0 bridgehead atoms. The highest BCUT2D eigenvalue weighted by molar-refractivity contribution is 6.07. The Labute approximate surface area is 129 Å². The summed E-state index contributed by atoms with van der Waals surface area (Å²) in [4.78, 5) is 31.1. The number of amides is 2. The third kappa shape index (κ3) is 2.43. The molecule has 3 rings (SSSR count). The highest BCUT2D eigenvalue weighted by Gasteiger charge is 2.35. The van der Waals surface area contributed by atoms with Gasteiger partial charge in [0.15, 0.2) is 0 Å². The first-order valence-corrected chi connectivity index (χ1v) is 7.52. The lowest BCUT2D eigenvalue weighted by molar-refractivity contribution is -0.129. The quantitative estimate of drug-likeness (QED) is 0.920. The van der Waals surface area contributed by atoms with Gasteiger partial charge in [-0.2, -0.15) is 0 Å². The second-order valence-electron chi connectivity index (χ2n) is 5.85. The van der Waals surface area contributed by atoms with E-state index in [0.717, 1.165) is 10.9 Å². The van der Waals surface area contributed by atoms with Gasteiger partial charge in [-0.3, -0.25) is 14.6 Å². The van der Waals surface area contributed by atoms with Gasteiger partial charge in [0, 0.05) is 30.2 Å². The number of carbonyl (C=O) groups excluding carboxylic acids is 2. The van der Waals surface area contributed by atoms with Crippen LogP contribution >= 0.6 is 0 Å². The largest absolute Gasteiger partial charge is 0.353 e. The van der Waals surface area contributed by atoms with Crippen LogP contribution in [0.15, 0.2) is 36.5 Å². The number of fused-ring (bicyclic) bond motifs is 1. The van der Waals surface area contributed by atoms with Crippen LogP contribution in [0, 0.1) is 5.92 Å². The second kappa shape index (κ2) is 5.75. The normalized spacial score (nSPS) is 18.6. The molecule has 1 N–H and O–H groups in total. The van der Waals surface area contributed by atoms with Crippen molar-refractivity contribution < 1.29 is 9.59 Å². The Bertz CT molecular complexity index is 721. The fraction of sp³-hybridized carbons (Fsp3) is 0.353. The first kappa shape index (κ1) is 14.5. The third-order valence-electron chi connectivity index (χ3n) is 4.02. The monoisotopic (exact) mass is 297 g/mol. The summed E-state index contributed by atoms with van der Waals surface area (Å²) in [6.45, 7) is 4.95. The summed E-state index contributed by atoms with van der Waals surface area (Å²) in [5.74, 6) is -0.113. The minimum atomic E-state index is -0.423. The Morgan fingerprint density at radius 1 is 1.32 bits per heavy atom. The molecule has 1 aromatic carbocycles. The Hall–Kier alpha value is -2.43. The minimum absolute atomic E-state index is 0.0670. The maximum absolute atomic E-state index is 13.0. The third-order valence-corrected chi connectivity index (χ3v) is 4.02. The number of pyridine rings is 1. The van der Waals surface area contributed by atoms with Crippen molar-refractivity contribution in [3.05, 3.63) is 42.1 Å². The predicted molar refractivity (Wildman–Crippen MR) is 84.4 cm³/mol. The fourth-order valence-electron chi connectivity index (χ4n) is 3.02. The number of hydrogen-bond donors (Lipinski definition) is 1. The lowest BCUT2D eigenvalue weighted by Crippen LogP contribution is -2.59. The second-order valence-corrected chi connectivity index (χ2v) is 5.85. The molecule has 114 valence electrons. The SMILES string of the molecule is CC(C)[C@H]1C(=O)NCCN1C(=O)c1cccc2ncccc12. The summed E-state index contributed by atoms with van der Waals surface area (Å²) < 4.78 is 0. The molecule has 5 nitrogen and oxygen atoms in total. The Morgan fingerprint density at radius 2 is 2.14 bits per heavy atom. The van der Waals surface area contributed by atoms with E-state index in [-0.39, 0.29) is 17.7 Å². The van der Waals surface area contributed by atoms with Gasteiger partial charge >= 0.3 is 0 Å². The molecule has 1 aliphatic rings. The van der Waals surface area contributed by atoms with E-state index < -0.39 is 6.04 Å². The van der Waals surface area contributed by atoms with Gasteiger partial charge in [-0.15, -0.1) is 0 Å². The maximum atomic E-state index is 13.0. The summed E-state index contributed by atoms with van der Waals surface area (Å²) in [6, 6.07) is 8.81. The average Bonchev–Trinajstić information content (AvgIpc) is 2.53. The molecule has 1 saturated heterocycles. The van der Waals surface area contributed by atoms with E-state index in [1.54, 1.807) is 17.2 Å². The summed E-state index contributed by atoms with van der Waals surface area (Å²) in [6.07, 6.45) is 1.71. The van der Waals surface area contributed by atoms with Crippen molar-refractivity contribution in [2.75, 3.05) is 13.1 Å². The molecular formula is C17H19N3O2. The number of benzene rings is 1. The number of nitrogens with one attached hydrogen (secondary N) is 1. The van der Waals surface area contributed by atoms with Crippen LogP contribution in [-0.2, 0) is 4.79 Å². The summed E-state index contributed by atoms with van der Waals surface area (Å²) in [7, 11) is 0. The van der Waals surface area contributed by atoms with Gasteiger partial charge in [-0.05, 0) is 24.1 Å². The number of piperazine rings is 1. The first-order chi connectivity index (χ1) is 10.6. The molecule has 0 aliphatic carbocycles. The van der Waals surface area contributed by atoms with Crippen LogP contribution in [0.2, 0.25) is 0 Å². The predicted octanol–water partition coefficient (Wildman–Crippen LogP) is 1.83. The van der Waals surface area contributed by atoms with Crippen molar-refractivity contribution in [1.29, 1.82) is 0 Å². The van der Waals surface area contributed by atoms with Gasteiger partial charge in [0.1, 0.15) is 6.04 Å². The number of hydrogen-bond acceptors (Lipinski definition) is 3. The van der Waals surface area contributed by atoms with Gasteiger partial charge in [-0.25, -0.2) is 0 Å². The molecule has 5 heteroatoms. The smallest absolute Gasteiger partial charge is 0.255 e. The summed E-state index contributed by atoms with van der Waals surface area (Å²) in [5.41, 5.74) is 1.39. The lowest BCUT2D eigenvalue weighted by atomic mass is 9.97. The molecule has 0 spiro atoms. The van der Waals surface area contributed by atoms with Crippen LogP contribution < -0.4 is 5.32 Å². The van der Waals surface area contributed by atoms with Gasteiger partial charge < -0.3 is 10.2 Å². The molecule has 2 heterocycles. The van der Waals surface area contributed by atoms with Crippen molar-refractivity contribution in [1.82, 2.24) is 15.2 Å². The van der Waals surface area contributed by atoms with Crippen LogP contribution in [0.1, 0.15) is 24.2 Å². The van der Waals surface area contributed by atoms with E-state index in [9.17, 15) is 9.59 Å². The average molecular weight is 297 g/mol. The molecule has 1 atom stereocenters. The van der Waals surface area contributed by atoms with Crippen molar-refractivity contribution >= 4 is 22.7 Å². The molecular weight excluding hydrogens is 278 g/mol. The molecule has 1 fully saturated rings. The van der Waals surface area contributed by atoms with E-state index in [2.05, 4.69) is 10.3 Å². The van der Waals surface area contributed by atoms with Crippen LogP contribution in [0.4, 0.5) is 0 Å². The Kier molecular flexibility index (Phi) is 3.79. The van der Waals surface area contributed by atoms with Crippen molar-refractivity contribution in [2.24, 2.45) is 5.92 Å². The van der Waals surface area contributed by atoms with Gasteiger partial charge in [0.2, 0.25) is 5.91 Å². The zero-order valence-corrected chi connectivity index (χ0v) is 12.7. The number of aromatic nitrogens is 1. The molecule has 0 unspecified atom stereocenters. The molecule has 22 heavy (non-hydrogen) atoms. The van der Waals surface area contributed by atoms with Crippen LogP contribution in [-0.4, -0.2) is 40.8 Å². The zero-order chi connectivity index (χ0) is 15.7. The summed E-state index contributed by atoms with van der Waals surface area (Å²) >= 11 is 0. The fourth-order valence-corrected chi connectivity index (χ4v) is 3.02. The van der Waals surface area contributed by atoms with E-state index in [4.69, 9.17) is 0 Å². The highest BCUT2D eigenvalue weighted by atomic mass is 16.2. The molecule has 1 aliphatic heterocycles. The number of nitrogens with zero attached hydrogens (tertiary/aromatic N) is 2. The van der Waals surface area contributed by atoms with Crippen molar-refractivity contribution in [2.45, 2.75) is 19.9 Å². The molecule has 1 aromatic heterocycles. The number of rotatable bonds is 2. The minimum Gasteiger partial charge on any atom is -0.353 e. The van der Waals surface area contributed by atoms with Crippen LogP contribution in [0.25, 0.3) is 10.9 Å². The van der Waals surface area contributed by atoms with Crippen LogP contribution in [0.3, 0.4) is 0 Å². The van der Waals surface area contributed by atoms with E-state index >= 15 is 0 Å². The lowest BCUT2D eigenvalue weighted by Gasteiger charge is -2.37. The topological polar surface area (TPSA) is 62.3 Å². The molecule has 0 saturated carbocycles. The van der Waals surface area contributed by atoms with Gasteiger partial charge in [0.05, 0.1) is 5.52 Å².